The highest BCUT2D eigenvalue weighted by molar-refractivity contribution is 6.33. The van der Waals surface area contributed by atoms with Crippen molar-refractivity contribution in [3.05, 3.63) is 58.6 Å². The molecule has 0 heterocycles. The van der Waals surface area contributed by atoms with E-state index in [9.17, 15) is 0 Å². The third-order valence-corrected chi connectivity index (χ3v) is 3.23. The maximum atomic E-state index is 6.24. The second-order valence-corrected chi connectivity index (χ2v) is 4.57. The Balaban J connectivity index is 2.51. The van der Waals surface area contributed by atoms with E-state index in [4.69, 9.17) is 17.3 Å². The summed E-state index contributed by atoms with van der Waals surface area (Å²) < 4.78 is 0. The quantitative estimate of drug-likeness (QED) is 0.874. The van der Waals surface area contributed by atoms with E-state index >= 15 is 0 Å². The van der Waals surface area contributed by atoms with E-state index < -0.39 is 0 Å². The molecule has 2 aromatic rings. The highest BCUT2D eigenvalue weighted by Gasteiger charge is 2.06. The van der Waals surface area contributed by atoms with Gasteiger partial charge >= 0.3 is 0 Å². The number of hydrogen-bond donors (Lipinski definition) is 1. The van der Waals surface area contributed by atoms with E-state index in [0.29, 0.717) is 6.54 Å². The molecule has 0 atom stereocenters. The highest BCUT2D eigenvalue weighted by atomic mass is 35.5. The van der Waals surface area contributed by atoms with Gasteiger partial charge in [0.25, 0.3) is 0 Å². The number of nitrogens with two attached hydrogens (primary N) is 1. The summed E-state index contributed by atoms with van der Waals surface area (Å²) in [6, 6.07) is 14.4. The Hall–Kier alpha value is -1.31. The molecule has 88 valence electrons. The summed E-state index contributed by atoms with van der Waals surface area (Å²) >= 11 is 6.24. The SMILES string of the molecule is Cc1ccc(CCN)cc1-c1ccccc1Cl. The number of halogens is 1. The Morgan fingerprint density at radius 2 is 1.82 bits per heavy atom. The lowest BCUT2D eigenvalue weighted by Gasteiger charge is -2.10. The van der Waals surface area contributed by atoms with Crippen molar-refractivity contribution in [1.29, 1.82) is 0 Å². The normalized spacial score (nSPS) is 10.5. The minimum Gasteiger partial charge on any atom is -0.330 e. The summed E-state index contributed by atoms with van der Waals surface area (Å²) in [4.78, 5) is 0. The molecule has 0 aliphatic heterocycles. The van der Waals surface area contributed by atoms with Crippen LogP contribution in [0.25, 0.3) is 11.1 Å². The van der Waals surface area contributed by atoms with Crippen LogP contribution in [0.5, 0.6) is 0 Å². The van der Waals surface area contributed by atoms with Gasteiger partial charge in [-0.15, -0.1) is 0 Å². The molecule has 2 heteroatoms. The van der Waals surface area contributed by atoms with Gasteiger partial charge in [-0.05, 0) is 42.6 Å². The van der Waals surface area contributed by atoms with Crippen molar-refractivity contribution in [3.8, 4) is 11.1 Å². The van der Waals surface area contributed by atoms with Crippen molar-refractivity contribution < 1.29 is 0 Å². The predicted octanol–water partition coefficient (Wildman–Crippen LogP) is 3.82. The first kappa shape index (κ1) is 12.2. The van der Waals surface area contributed by atoms with Crippen LogP contribution in [0.3, 0.4) is 0 Å². The van der Waals surface area contributed by atoms with Crippen LogP contribution in [0.2, 0.25) is 5.02 Å². The van der Waals surface area contributed by atoms with E-state index in [2.05, 4.69) is 31.2 Å². The second-order valence-electron chi connectivity index (χ2n) is 4.17. The van der Waals surface area contributed by atoms with Gasteiger partial charge in [-0.25, -0.2) is 0 Å². The Morgan fingerprint density at radius 3 is 2.53 bits per heavy atom. The van der Waals surface area contributed by atoms with Crippen LogP contribution < -0.4 is 5.73 Å². The number of rotatable bonds is 3. The molecule has 0 aliphatic carbocycles. The van der Waals surface area contributed by atoms with Crippen LogP contribution in [0.15, 0.2) is 42.5 Å². The van der Waals surface area contributed by atoms with Gasteiger partial charge < -0.3 is 5.73 Å². The van der Waals surface area contributed by atoms with Gasteiger partial charge in [0, 0.05) is 10.6 Å². The zero-order valence-corrected chi connectivity index (χ0v) is 10.7. The lowest BCUT2D eigenvalue weighted by atomic mass is 9.97. The van der Waals surface area contributed by atoms with Crippen LogP contribution >= 0.6 is 11.6 Å². The van der Waals surface area contributed by atoms with Crippen LogP contribution in [0.4, 0.5) is 0 Å². The molecule has 2 N–H and O–H groups in total. The topological polar surface area (TPSA) is 26.0 Å². The zero-order chi connectivity index (χ0) is 12.3. The molecule has 2 aromatic carbocycles. The van der Waals surface area contributed by atoms with Crippen molar-refractivity contribution in [3.63, 3.8) is 0 Å². The maximum absolute atomic E-state index is 6.24. The minimum absolute atomic E-state index is 0.672. The van der Waals surface area contributed by atoms with Crippen molar-refractivity contribution >= 4 is 11.6 Å². The molecule has 0 amide bonds. The van der Waals surface area contributed by atoms with E-state index in [-0.39, 0.29) is 0 Å². The first-order valence-corrected chi connectivity index (χ1v) is 6.14. The van der Waals surface area contributed by atoms with Gasteiger partial charge in [0.2, 0.25) is 0 Å². The number of aryl methyl sites for hydroxylation is 1. The first-order chi connectivity index (χ1) is 8.22. The monoisotopic (exact) mass is 245 g/mol. The fourth-order valence-corrected chi connectivity index (χ4v) is 2.20. The molecule has 1 nitrogen and oxygen atoms in total. The van der Waals surface area contributed by atoms with Gasteiger partial charge in [0.1, 0.15) is 0 Å². The van der Waals surface area contributed by atoms with E-state index in [1.165, 1.54) is 16.7 Å². The summed E-state index contributed by atoms with van der Waals surface area (Å²) in [6.07, 6.45) is 0.901. The molecule has 0 unspecified atom stereocenters. The van der Waals surface area contributed by atoms with Crippen LogP contribution in [0.1, 0.15) is 11.1 Å². The Kier molecular flexibility index (Phi) is 3.82. The highest BCUT2D eigenvalue weighted by Crippen LogP contribution is 2.30. The molecule has 0 saturated heterocycles. The van der Waals surface area contributed by atoms with E-state index in [1.807, 2.05) is 18.2 Å². The summed E-state index contributed by atoms with van der Waals surface area (Å²) in [5, 5.41) is 0.792. The minimum atomic E-state index is 0.672. The first-order valence-electron chi connectivity index (χ1n) is 5.77. The van der Waals surface area contributed by atoms with Gasteiger partial charge in [0.05, 0.1) is 0 Å². The molecular formula is C15H16ClN. The van der Waals surface area contributed by atoms with Crippen molar-refractivity contribution in [2.45, 2.75) is 13.3 Å². The van der Waals surface area contributed by atoms with Gasteiger partial charge in [-0.2, -0.15) is 0 Å². The van der Waals surface area contributed by atoms with Crippen LogP contribution in [-0.2, 0) is 6.42 Å². The summed E-state index contributed by atoms with van der Waals surface area (Å²) in [5.74, 6) is 0. The number of hydrogen-bond acceptors (Lipinski definition) is 1. The largest absolute Gasteiger partial charge is 0.330 e. The van der Waals surface area contributed by atoms with E-state index in [1.54, 1.807) is 0 Å². The fourth-order valence-electron chi connectivity index (χ4n) is 1.96. The van der Waals surface area contributed by atoms with Crippen LogP contribution in [-0.4, -0.2) is 6.54 Å². The molecule has 2 rings (SSSR count). The van der Waals surface area contributed by atoms with Crippen molar-refractivity contribution in [1.82, 2.24) is 0 Å². The summed E-state index contributed by atoms with van der Waals surface area (Å²) in [6.45, 7) is 2.77. The predicted molar refractivity (Wildman–Crippen MR) is 74.4 cm³/mol. The summed E-state index contributed by atoms with van der Waals surface area (Å²) in [5.41, 5.74) is 10.4. The van der Waals surface area contributed by atoms with Gasteiger partial charge in [-0.1, -0.05) is 48.0 Å². The van der Waals surface area contributed by atoms with Gasteiger partial charge in [-0.3, -0.25) is 0 Å². The molecule has 0 radical (unpaired) electrons. The third kappa shape index (κ3) is 2.68. The smallest absolute Gasteiger partial charge is 0.0484 e. The van der Waals surface area contributed by atoms with Crippen molar-refractivity contribution in [2.75, 3.05) is 6.54 Å². The Labute approximate surface area is 107 Å². The average molecular weight is 246 g/mol. The second kappa shape index (κ2) is 5.35. The molecule has 0 aromatic heterocycles. The molecule has 0 bridgehead atoms. The molecule has 17 heavy (non-hydrogen) atoms. The van der Waals surface area contributed by atoms with Gasteiger partial charge in [0.15, 0.2) is 0 Å². The Bertz CT molecular complexity index is 520. The zero-order valence-electron chi connectivity index (χ0n) is 9.91. The van der Waals surface area contributed by atoms with Crippen molar-refractivity contribution in [2.24, 2.45) is 5.73 Å². The summed E-state index contributed by atoms with van der Waals surface area (Å²) in [7, 11) is 0. The molecule has 0 fully saturated rings. The lowest BCUT2D eigenvalue weighted by Crippen LogP contribution is -2.02. The maximum Gasteiger partial charge on any atom is 0.0484 e. The average Bonchev–Trinajstić information content (AvgIpc) is 2.33. The Morgan fingerprint density at radius 1 is 1.06 bits per heavy atom. The lowest BCUT2D eigenvalue weighted by molar-refractivity contribution is 0.968. The van der Waals surface area contributed by atoms with Crippen LogP contribution in [0, 0.1) is 6.92 Å². The third-order valence-electron chi connectivity index (χ3n) is 2.90. The molecule has 0 aliphatic rings. The number of benzene rings is 2. The molecular weight excluding hydrogens is 230 g/mol. The standard InChI is InChI=1S/C15H16ClN/c1-11-6-7-12(8-9-17)10-14(11)13-4-2-3-5-15(13)16/h2-7,10H,8-9,17H2,1H3. The molecule has 0 spiro atoms. The fraction of sp³-hybridized carbons (Fsp3) is 0.200. The molecule has 0 saturated carbocycles. The van der Waals surface area contributed by atoms with E-state index in [0.717, 1.165) is 17.0 Å².